The fourth-order valence-electron chi connectivity index (χ4n) is 3.98. The Morgan fingerprint density at radius 1 is 1.06 bits per heavy atom. The minimum absolute atomic E-state index is 0.198. The molecule has 0 aliphatic carbocycles. The quantitative estimate of drug-likeness (QED) is 0.445. The lowest BCUT2D eigenvalue weighted by atomic mass is 10.1. The van der Waals surface area contributed by atoms with Crippen molar-refractivity contribution < 1.29 is 0 Å². The summed E-state index contributed by atoms with van der Waals surface area (Å²) in [5.74, 6) is 0.198. The average Bonchev–Trinajstić information content (AvgIpc) is 3.17. The molecule has 0 spiro atoms. The first kappa shape index (κ1) is 21.4. The van der Waals surface area contributed by atoms with Gasteiger partial charge in [0.15, 0.2) is 0 Å². The summed E-state index contributed by atoms with van der Waals surface area (Å²) in [4.78, 5) is 34.4. The molecule has 8 heteroatoms. The van der Waals surface area contributed by atoms with Crippen molar-refractivity contribution in [2.45, 2.75) is 39.8 Å². The first-order chi connectivity index (χ1) is 15.5. The van der Waals surface area contributed by atoms with Crippen molar-refractivity contribution in [2.24, 2.45) is 0 Å². The second-order valence-corrected chi connectivity index (χ2v) is 7.71. The van der Waals surface area contributed by atoms with Crippen LogP contribution in [0.4, 0.5) is 11.5 Å². The smallest absolute Gasteiger partial charge is 0.330 e. The maximum Gasteiger partial charge on any atom is 0.330 e. The van der Waals surface area contributed by atoms with Crippen LogP contribution in [0.25, 0.3) is 16.9 Å². The fourth-order valence-corrected chi connectivity index (χ4v) is 3.98. The van der Waals surface area contributed by atoms with Crippen LogP contribution in [0.15, 0.2) is 64.3 Å². The van der Waals surface area contributed by atoms with Gasteiger partial charge in [0.1, 0.15) is 17.2 Å². The van der Waals surface area contributed by atoms with Crippen molar-refractivity contribution in [3.8, 4) is 11.3 Å². The molecule has 0 atom stereocenters. The third kappa shape index (κ3) is 3.91. The summed E-state index contributed by atoms with van der Waals surface area (Å²) in [5.41, 5.74) is 9.36. The van der Waals surface area contributed by atoms with E-state index >= 15 is 0 Å². The fraction of sp³-hybridized carbons (Fsp3) is 0.292. The summed E-state index contributed by atoms with van der Waals surface area (Å²) in [5, 5.41) is 0. The van der Waals surface area contributed by atoms with Crippen LogP contribution in [0.3, 0.4) is 0 Å². The number of nitrogens with one attached hydrogen (secondary N) is 1. The van der Waals surface area contributed by atoms with Crippen molar-refractivity contribution in [1.29, 1.82) is 0 Å². The van der Waals surface area contributed by atoms with E-state index in [4.69, 9.17) is 10.7 Å². The molecule has 0 aliphatic heterocycles. The summed E-state index contributed by atoms with van der Waals surface area (Å²) in [6.45, 7) is 5.42. The highest BCUT2D eigenvalue weighted by Crippen LogP contribution is 2.27. The third-order valence-electron chi connectivity index (χ3n) is 5.66. The lowest BCUT2D eigenvalue weighted by molar-refractivity contribution is 0.602. The predicted octanol–water partition coefficient (Wildman–Crippen LogP) is 3.26. The van der Waals surface area contributed by atoms with E-state index in [2.05, 4.69) is 4.98 Å². The van der Waals surface area contributed by atoms with E-state index in [-0.39, 0.29) is 5.82 Å². The van der Waals surface area contributed by atoms with Crippen LogP contribution in [-0.2, 0) is 13.1 Å². The zero-order valence-corrected chi connectivity index (χ0v) is 18.4. The van der Waals surface area contributed by atoms with Crippen LogP contribution in [0, 0.1) is 0 Å². The molecule has 0 unspecified atom stereocenters. The molecule has 3 aromatic heterocycles. The van der Waals surface area contributed by atoms with E-state index in [1.165, 1.54) is 4.57 Å². The molecule has 3 N–H and O–H groups in total. The van der Waals surface area contributed by atoms with Crippen molar-refractivity contribution in [3.05, 3.63) is 81.3 Å². The monoisotopic (exact) mass is 432 g/mol. The lowest BCUT2D eigenvalue weighted by Crippen LogP contribution is -2.38. The summed E-state index contributed by atoms with van der Waals surface area (Å²) in [6, 6.07) is 15.8. The number of unbranched alkanes of at least 4 members (excludes halogenated alkanes) is 1. The number of hydrogen-bond acceptors (Lipinski definition) is 5. The zero-order valence-electron chi connectivity index (χ0n) is 18.4. The molecule has 3 heterocycles. The van der Waals surface area contributed by atoms with E-state index in [0.717, 1.165) is 35.4 Å². The number of rotatable bonds is 8. The topological polar surface area (TPSA) is 101 Å². The van der Waals surface area contributed by atoms with E-state index in [1.807, 2.05) is 77.9 Å². The Balaban J connectivity index is 1.84. The first-order valence-electron chi connectivity index (χ1n) is 10.9. The number of imidazole rings is 1. The number of nitrogen functional groups attached to an aromatic ring is 1. The van der Waals surface area contributed by atoms with E-state index in [9.17, 15) is 9.59 Å². The minimum atomic E-state index is -0.475. The van der Waals surface area contributed by atoms with Crippen LogP contribution in [0.2, 0.25) is 0 Å². The Morgan fingerprint density at radius 3 is 2.53 bits per heavy atom. The molecule has 0 saturated heterocycles. The highest BCUT2D eigenvalue weighted by Gasteiger charge is 2.22. The highest BCUT2D eigenvalue weighted by molar-refractivity contribution is 5.68. The minimum Gasteiger partial charge on any atom is -0.383 e. The molecule has 4 rings (SSSR count). The maximum absolute atomic E-state index is 12.8. The number of benzene rings is 1. The maximum atomic E-state index is 12.8. The predicted molar refractivity (Wildman–Crippen MR) is 128 cm³/mol. The Hall–Kier alpha value is -3.81. The zero-order chi connectivity index (χ0) is 22.7. The van der Waals surface area contributed by atoms with Gasteiger partial charge in [0, 0.05) is 24.8 Å². The molecule has 4 aromatic rings. The molecular weight excluding hydrogens is 404 g/mol. The molecule has 0 radical (unpaired) electrons. The van der Waals surface area contributed by atoms with Gasteiger partial charge >= 0.3 is 5.69 Å². The number of nitrogens with zero attached hydrogens (tertiary/aromatic N) is 4. The summed E-state index contributed by atoms with van der Waals surface area (Å²) >= 11 is 0. The third-order valence-corrected chi connectivity index (χ3v) is 5.66. The molecule has 0 amide bonds. The highest BCUT2D eigenvalue weighted by atomic mass is 16.2. The number of fused-ring (bicyclic) bond motifs is 1. The van der Waals surface area contributed by atoms with Crippen LogP contribution < -0.4 is 21.9 Å². The van der Waals surface area contributed by atoms with Gasteiger partial charge < -0.3 is 15.0 Å². The van der Waals surface area contributed by atoms with Gasteiger partial charge in [-0.2, -0.15) is 0 Å². The van der Waals surface area contributed by atoms with Crippen LogP contribution in [0.5, 0.6) is 0 Å². The van der Waals surface area contributed by atoms with Gasteiger partial charge in [0.25, 0.3) is 5.56 Å². The SMILES string of the molecule is CCCCn1c(N)c(N(CC)Cc2c(-c3ccccc3)nc3ccccn23)c(=O)[nH]c1=O. The Kier molecular flexibility index (Phi) is 6.11. The second kappa shape index (κ2) is 9.13. The van der Waals surface area contributed by atoms with Gasteiger partial charge in [-0.3, -0.25) is 14.3 Å². The van der Waals surface area contributed by atoms with Gasteiger partial charge in [-0.15, -0.1) is 0 Å². The molecular formula is C24H28N6O2. The lowest BCUT2D eigenvalue weighted by Gasteiger charge is -2.25. The number of hydrogen-bond donors (Lipinski definition) is 2. The molecule has 0 saturated carbocycles. The Labute approximate surface area is 186 Å². The van der Waals surface area contributed by atoms with Gasteiger partial charge in [-0.05, 0) is 25.5 Å². The molecule has 0 bridgehead atoms. The van der Waals surface area contributed by atoms with Crippen molar-refractivity contribution in [2.75, 3.05) is 17.2 Å². The number of aromatic nitrogens is 4. The van der Waals surface area contributed by atoms with Gasteiger partial charge in [0.05, 0.1) is 17.9 Å². The van der Waals surface area contributed by atoms with Gasteiger partial charge in [-0.1, -0.05) is 49.7 Å². The molecule has 166 valence electrons. The number of nitrogens with two attached hydrogens (primary N) is 1. The number of pyridine rings is 1. The number of aromatic amines is 1. The van der Waals surface area contributed by atoms with E-state index in [0.29, 0.717) is 25.3 Å². The Morgan fingerprint density at radius 2 is 1.81 bits per heavy atom. The van der Waals surface area contributed by atoms with Gasteiger partial charge in [-0.25, -0.2) is 9.78 Å². The first-order valence-corrected chi connectivity index (χ1v) is 10.9. The van der Waals surface area contributed by atoms with Crippen LogP contribution >= 0.6 is 0 Å². The van der Waals surface area contributed by atoms with Crippen molar-refractivity contribution in [1.82, 2.24) is 18.9 Å². The number of H-pyrrole nitrogens is 1. The summed E-state index contributed by atoms with van der Waals surface area (Å²) < 4.78 is 3.48. The average molecular weight is 433 g/mol. The standard InChI is InChI=1S/C24H28N6O2/c1-3-5-14-30-22(25)21(23(31)27-24(30)32)28(4-2)16-18-20(17-11-7-6-8-12-17)26-19-13-9-10-15-29(18)19/h6-13,15H,3-5,14,16,25H2,1-2H3,(H,27,31,32). The van der Waals surface area contributed by atoms with E-state index < -0.39 is 11.2 Å². The van der Waals surface area contributed by atoms with E-state index in [1.54, 1.807) is 0 Å². The van der Waals surface area contributed by atoms with Crippen molar-refractivity contribution in [3.63, 3.8) is 0 Å². The summed E-state index contributed by atoms with van der Waals surface area (Å²) in [7, 11) is 0. The summed E-state index contributed by atoms with van der Waals surface area (Å²) in [6.07, 6.45) is 3.68. The molecule has 1 aromatic carbocycles. The molecule has 8 nitrogen and oxygen atoms in total. The second-order valence-electron chi connectivity index (χ2n) is 7.71. The van der Waals surface area contributed by atoms with Crippen LogP contribution in [0.1, 0.15) is 32.4 Å². The van der Waals surface area contributed by atoms with Crippen LogP contribution in [-0.4, -0.2) is 25.5 Å². The Bertz CT molecular complexity index is 1340. The van der Waals surface area contributed by atoms with Gasteiger partial charge in [0.2, 0.25) is 0 Å². The normalized spacial score (nSPS) is 11.2. The van der Waals surface area contributed by atoms with Crippen molar-refractivity contribution >= 4 is 17.2 Å². The molecule has 0 fully saturated rings. The number of anilines is 2. The molecule has 0 aliphatic rings. The molecule has 32 heavy (non-hydrogen) atoms. The largest absolute Gasteiger partial charge is 0.383 e.